The summed E-state index contributed by atoms with van der Waals surface area (Å²) in [6.45, 7) is 6.98. The lowest BCUT2D eigenvalue weighted by Gasteiger charge is -2.19. The smallest absolute Gasteiger partial charge is 0.435 e. The number of carbonyl (C=O) groups excluding carboxylic acids is 2. The number of carbonyl (C=O) groups is 2. The van der Waals surface area contributed by atoms with Crippen molar-refractivity contribution in [2.24, 2.45) is 0 Å². The number of alkyl halides is 3. The molecule has 0 atom stereocenters. The molecule has 0 saturated carbocycles. The number of rotatable bonds is 7. The summed E-state index contributed by atoms with van der Waals surface area (Å²) in [6, 6.07) is 18.5. The number of benzene rings is 3. The molecule has 5 aromatic rings. The Labute approximate surface area is 250 Å². The predicted molar refractivity (Wildman–Crippen MR) is 156 cm³/mol. The molecule has 2 aromatic heterocycles. The van der Waals surface area contributed by atoms with E-state index < -0.39 is 29.3 Å². The number of hydrogen-bond acceptors (Lipinski definition) is 7. The van der Waals surface area contributed by atoms with Gasteiger partial charge in [-0.05, 0) is 75.7 Å². The summed E-state index contributed by atoms with van der Waals surface area (Å²) >= 11 is 0. The van der Waals surface area contributed by atoms with Crippen LogP contribution in [0.4, 0.5) is 18.9 Å². The Morgan fingerprint density at radius 3 is 2.36 bits per heavy atom. The van der Waals surface area contributed by atoms with Gasteiger partial charge in [0.05, 0.1) is 16.9 Å². The Hall–Kier alpha value is -5.13. The van der Waals surface area contributed by atoms with Gasteiger partial charge < -0.3 is 18.9 Å². The lowest BCUT2D eigenvalue weighted by atomic mass is 10.1. The zero-order chi connectivity index (χ0) is 31.8. The van der Waals surface area contributed by atoms with E-state index in [1.165, 1.54) is 17.0 Å². The van der Waals surface area contributed by atoms with E-state index in [9.17, 15) is 22.8 Å². The molecule has 0 spiro atoms. The summed E-state index contributed by atoms with van der Waals surface area (Å²) in [5.41, 5.74) is 1.31. The van der Waals surface area contributed by atoms with Crippen molar-refractivity contribution >= 4 is 28.5 Å². The van der Waals surface area contributed by atoms with Gasteiger partial charge in [-0.2, -0.15) is 18.3 Å². The first kappa shape index (κ1) is 30.3. The average Bonchev–Trinajstić information content (AvgIpc) is 3.58. The summed E-state index contributed by atoms with van der Waals surface area (Å²) in [5, 5.41) is 8.49. The quantitative estimate of drug-likeness (QED) is 0.181. The van der Waals surface area contributed by atoms with E-state index in [1.54, 1.807) is 82.4 Å². The maximum atomic E-state index is 13.7. The van der Waals surface area contributed by atoms with E-state index in [0.29, 0.717) is 22.4 Å². The standard InChI is InChI=1S/C32H29F3N4O5/c1-19-25-14-13-23(16-26(25)44-37-19)38(5)29(40)22-7-6-8-24(15-22)39-28(17-27(36-39)32(33,34)35)42-18-20-9-11-21(12-10-20)30(41)43-31(2,3)4/h6-17H,18H2,1-5H3. The number of hydrogen-bond donors (Lipinski definition) is 0. The third kappa shape index (κ3) is 6.59. The van der Waals surface area contributed by atoms with E-state index in [4.69, 9.17) is 14.0 Å². The molecule has 12 heteroatoms. The predicted octanol–water partition coefficient (Wildman–Crippen LogP) is 7.15. The third-order valence-corrected chi connectivity index (χ3v) is 6.61. The van der Waals surface area contributed by atoms with Gasteiger partial charge in [0, 0.05) is 35.8 Å². The van der Waals surface area contributed by atoms with Crippen molar-refractivity contribution in [3.8, 4) is 11.6 Å². The van der Waals surface area contributed by atoms with Crippen LogP contribution in [0.3, 0.4) is 0 Å². The number of amides is 1. The lowest BCUT2D eigenvalue weighted by Crippen LogP contribution is -2.26. The Bertz CT molecular complexity index is 1840. The molecule has 3 aromatic carbocycles. The number of anilines is 1. The lowest BCUT2D eigenvalue weighted by molar-refractivity contribution is -0.141. The van der Waals surface area contributed by atoms with Crippen molar-refractivity contribution in [3.63, 3.8) is 0 Å². The first-order valence-corrected chi connectivity index (χ1v) is 13.6. The van der Waals surface area contributed by atoms with Crippen LogP contribution in [-0.2, 0) is 17.5 Å². The van der Waals surface area contributed by atoms with Gasteiger partial charge in [0.2, 0.25) is 5.88 Å². The molecule has 0 bridgehead atoms. The normalized spacial score (nSPS) is 11.9. The molecule has 9 nitrogen and oxygen atoms in total. The molecule has 0 aliphatic carbocycles. The summed E-state index contributed by atoms with van der Waals surface area (Å²) in [7, 11) is 1.58. The minimum Gasteiger partial charge on any atom is -0.473 e. The molecule has 228 valence electrons. The second-order valence-corrected chi connectivity index (χ2v) is 11.1. The van der Waals surface area contributed by atoms with Crippen molar-refractivity contribution in [1.29, 1.82) is 0 Å². The molecule has 1 amide bonds. The van der Waals surface area contributed by atoms with E-state index in [1.807, 2.05) is 6.92 Å². The van der Waals surface area contributed by atoms with Crippen molar-refractivity contribution in [2.45, 2.75) is 46.1 Å². The van der Waals surface area contributed by atoms with Gasteiger partial charge in [-0.3, -0.25) is 4.79 Å². The fourth-order valence-electron chi connectivity index (χ4n) is 4.36. The molecular weight excluding hydrogens is 577 g/mol. The van der Waals surface area contributed by atoms with E-state index >= 15 is 0 Å². The summed E-state index contributed by atoms with van der Waals surface area (Å²) < 4.78 is 58.4. The number of aromatic nitrogens is 3. The third-order valence-electron chi connectivity index (χ3n) is 6.61. The van der Waals surface area contributed by atoms with Crippen LogP contribution < -0.4 is 9.64 Å². The van der Waals surface area contributed by atoms with Gasteiger partial charge in [-0.25, -0.2) is 9.48 Å². The number of aryl methyl sites for hydroxylation is 1. The van der Waals surface area contributed by atoms with Crippen LogP contribution >= 0.6 is 0 Å². The highest BCUT2D eigenvalue weighted by Gasteiger charge is 2.35. The van der Waals surface area contributed by atoms with Crippen LogP contribution in [-0.4, -0.2) is 39.5 Å². The zero-order valence-electron chi connectivity index (χ0n) is 24.6. The Morgan fingerprint density at radius 2 is 1.68 bits per heavy atom. The topological polar surface area (TPSA) is 99.7 Å². The van der Waals surface area contributed by atoms with Gasteiger partial charge in [-0.15, -0.1) is 0 Å². The Morgan fingerprint density at radius 1 is 0.955 bits per heavy atom. The highest BCUT2D eigenvalue weighted by Crippen LogP contribution is 2.33. The second-order valence-electron chi connectivity index (χ2n) is 11.1. The highest BCUT2D eigenvalue weighted by atomic mass is 19.4. The van der Waals surface area contributed by atoms with Gasteiger partial charge in [0.15, 0.2) is 11.3 Å². The van der Waals surface area contributed by atoms with Gasteiger partial charge in [0.25, 0.3) is 5.91 Å². The van der Waals surface area contributed by atoms with Crippen molar-refractivity contribution < 1.29 is 36.8 Å². The second kappa shape index (κ2) is 11.5. The zero-order valence-corrected chi connectivity index (χ0v) is 24.6. The number of halogens is 3. The molecule has 0 unspecified atom stereocenters. The van der Waals surface area contributed by atoms with Crippen LogP contribution in [0.15, 0.2) is 77.3 Å². The largest absolute Gasteiger partial charge is 0.473 e. The van der Waals surface area contributed by atoms with Gasteiger partial charge >= 0.3 is 12.1 Å². The molecule has 0 saturated heterocycles. The average molecular weight is 607 g/mol. The maximum absolute atomic E-state index is 13.7. The van der Waals surface area contributed by atoms with E-state index in [2.05, 4.69) is 10.3 Å². The van der Waals surface area contributed by atoms with Gasteiger partial charge in [0.1, 0.15) is 12.2 Å². The molecule has 0 radical (unpaired) electrons. The van der Waals surface area contributed by atoms with Crippen LogP contribution in [0.1, 0.15) is 58.4 Å². The van der Waals surface area contributed by atoms with Crippen LogP contribution in [0, 0.1) is 6.92 Å². The number of fused-ring (bicyclic) bond motifs is 1. The Balaban J connectivity index is 1.38. The summed E-state index contributed by atoms with van der Waals surface area (Å²) in [5.74, 6) is -1.08. The highest BCUT2D eigenvalue weighted by molar-refractivity contribution is 6.06. The number of esters is 1. The first-order valence-electron chi connectivity index (χ1n) is 13.6. The molecule has 0 aliphatic rings. The molecule has 0 aliphatic heterocycles. The van der Waals surface area contributed by atoms with Crippen molar-refractivity contribution in [3.05, 3.63) is 101 Å². The SMILES string of the molecule is Cc1noc2cc(N(C)C(=O)c3cccc(-n4nc(C(F)(F)F)cc4OCc4ccc(C(=O)OC(C)(C)C)cc4)c3)ccc12. The summed E-state index contributed by atoms with van der Waals surface area (Å²) in [4.78, 5) is 27.1. The minimum absolute atomic E-state index is 0.109. The number of nitrogens with zero attached hydrogens (tertiary/aromatic N) is 4. The van der Waals surface area contributed by atoms with Crippen LogP contribution in [0.2, 0.25) is 0 Å². The van der Waals surface area contributed by atoms with Crippen molar-refractivity contribution in [2.75, 3.05) is 11.9 Å². The van der Waals surface area contributed by atoms with Gasteiger partial charge in [-0.1, -0.05) is 23.4 Å². The van der Waals surface area contributed by atoms with Crippen LogP contribution in [0.5, 0.6) is 5.88 Å². The van der Waals surface area contributed by atoms with E-state index in [0.717, 1.165) is 21.8 Å². The minimum atomic E-state index is -4.73. The Kier molecular flexibility index (Phi) is 7.94. The van der Waals surface area contributed by atoms with Crippen LogP contribution in [0.25, 0.3) is 16.7 Å². The van der Waals surface area contributed by atoms with Crippen molar-refractivity contribution in [1.82, 2.24) is 14.9 Å². The summed E-state index contributed by atoms with van der Waals surface area (Å²) in [6.07, 6.45) is -4.73. The van der Waals surface area contributed by atoms with E-state index in [-0.39, 0.29) is 23.7 Å². The molecule has 2 heterocycles. The molecule has 0 N–H and O–H groups in total. The molecular formula is C32H29F3N4O5. The maximum Gasteiger partial charge on any atom is 0.435 e. The fraction of sp³-hybridized carbons (Fsp3) is 0.250. The molecule has 44 heavy (non-hydrogen) atoms. The first-order chi connectivity index (χ1) is 20.7. The fourth-order valence-corrected chi connectivity index (χ4v) is 4.36. The molecule has 0 fully saturated rings. The molecule has 5 rings (SSSR count). The number of ether oxygens (including phenoxy) is 2. The monoisotopic (exact) mass is 606 g/mol.